The second kappa shape index (κ2) is 13.2. The zero-order valence-corrected chi connectivity index (χ0v) is 22.3. The molecule has 41 heavy (non-hydrogen) atoms. The van der Waals surface area contributed by atoms with Crippen molar-refractivity contribution in [2.45, 2.75) is 88.7 Å². The molecule has 0 aromatic heterocycles. The van der Waals surface area contributed by atoms with Crippen LogP contribution in [0.5, 0.6) is 0 Å². The molecule has 0 aliphatic carbocycles. The van der Waals surface area contributed by atoms with Gasteiger partial charge in [0.1, 0.15) is 24.4 Å². The monoisotopic (exact) mass is 579 g/mol. The number of rotatable bonds is 10. The zero-order valence-electron chi connectivity index (χ0n) is 22.3. The van der Waals surface area contributed by atoms with E-state index in [9.17, 15) is 29.8 Å². The summed E-state index contributed by atoms with van der Waals surface area (Å²) >= 11 is 0. The standard InChI is InChI=1S/C25H29N3O13/c1-11(29)36-19-20(37-12(2)30)22(38-13(3)31)25(41-21(19)23(32)33)40-17-15-10-35-24(39-15)16(27-28-26)18(17)34-9-14-7-5-4-6-8-14/h4-8,15-22,24-25H,9-10H2,1-3H3,(H,32,33)/t15-,16-,17-,18-,19+,20+,21+,22-,24-,25-/m1/s1. The summed E-state index contributed by atoms with van der Waals surface area (Å²) in [5.74, 6) is -4.21. The van der Waals surface area contributed by atoms with Crippen molar-refractivity contribution in [2.75, 3.05) is 6.61 Å². The highest BCUT2D eigenvalue weighted by molar-refractivity contribution is 5.75. The molecule has 3 heterocycles. The SMILES string of the molecule is CC(=O)O[C@@H]1[C@@H](OC(C)=O)[C@H](O[C@H]2[C@H](OCc3ccccc3)[C@@H](N=[N+]=[N-])[C@@H]3OC[C@H]2O3)O[C@H](C(=O)O)[C@H]1OC(C)=O. The van der Waals surface area contributed by atoms with E-state index in [1.807, 2.05) is 30.3 Å². The lowest BCUT2D eigenvalue weighted by Gasteiger charge is -2.46. The van der Waals surface area contributed by atoms with Crippen molar-refractivity contribution in [1.82, 2.24) is 0 Å². The average Bonchev–Trinajstić information content (AvgIpc) is 3.34. The number of hydrogen-bond acceptors (Lipinski definition) is 13. The summed E-state index contributed by atoms with van der Waals surface area (Å²) in [4.78, 5) is 51.0. The molecular weight excluding hydrogens is 550 g/mol. The first-order chi connectivity index (χ1) is 19.6. The average molecular weight is 580 g/mol. The molecule has 0 spiro atoms. The molecule has 0 radical (unpaired) electrons. The summed E-state index contributed by atoms with van der Waals surface area (Å²) < 4.78 is 45.3. The van der Waals surface area contributed by atoms with Crippen molar-refractivity contribution >= 4 is 23.9 Å². The summed E-state index contributed by atoms with van der Waals surface area (Å²) in [5.41, 5.74) is 10.0. The van der Waals surface area contributed by atoms with E-state index < -0.39 is 85.2 Å². The van der Waals surface area contributed by atoms with E-state index in [2.05, 4.69) is 10.0 Å². The second-order valence-electron chi connectivity index (χ2n) is 9.42. The maximum atomic E-state index is 12.2. The predicted molar refractivity (Wildman–Crippen MR) is 130 cm³/mol. The van der Waals surface area contributed by atoms with Crippen LogP contribution in [0.4, 0.5) is 0 Å². The lowest BCUT2D eigenvalue weighted by molar-refractivity contribution is -0.330. The first-order valence-electron chi connectivity index (χ1n) is 12.6. The van der Waals surface area contributed by atoms with Crippen molar-refractivity contribution in [3.63, 3.8) is 0 Å². The Hall–Kier alpha value is -3.79. The van der Waals surface area contributed by atoms with Gasteiger partial charge in [-0.1, -0.05) is 35.4 Å². The number of ether oxygens (including phenoxy) is 8. The van der Waals surface area contributed by atoms with Crippen LogP contribution in [0.3, 0.4) is 0 Å². The largest absolute Gasteiger partial charge is 0.479 e. The van der Waals surface area contributed by atoms with Gasteiger partial charge in [0.15, 0.2) is 37.0 Å². The quantitative estimate of drug-likeness (QED) is 0.135. The van der Waals surface area contributed by atoms with Crippen molar-refractivity contribution in [3.05, 3.63) is 46.3 Å². The molecule has 0 unspecified atom stereocenters. The molecule has 3 saturated heterocycles. The minimum Gasteiger partial charge on any atom is -0.479 e. The third-order valence-corrected chi connectivity index (χ3v) is 6.45. The number of hydrogen-bond donors (Lipinski definition) is 1. The maximum absolute atomic E-state index is 12.2. The van der Waals surface area contributed by atoms with Crippen LogP contribution < -0.4 is 0 Å². The number of fused-ring (bicyclic) bond motifs is 2. The lowest BCUT2D eigenvalue weighted by atomic mass is 9.96. The molecule has 16 heteroatoms. The number of benzene rings is 1. The molecule has 1 aromatic rings. The Labute approximate surface area is 233 Å². The van der Waals surface area contributed by atoms with Gasteiger partial charge in [-0.05, 0) is 11.1 Å². The van der Waals surface area contributed by atoms with E-state index >= 15 is 0 Å². The van der Waals surface area contributed by atoms with Crippen molar-refractivity contribution in [3.8, 4) is 0 Å². The molecule has 3 aliphatic rings. The third-order valence-electron chi connectivity index (χ3n) is 6.45. The Morgan fingerprint density at radius 3 is 2.17 bits per heavy atom. The molecule has 4 rings (SSSR count). The maximum Gasteiger partial charge on any atom is 0.337 e. The normalized spacial score (nSPS) is 34.1. The molecule has 1 N–H and O–H groups in total. The molecule has 222 valence electrons. The summed E-state index contributed by atoms with van der Waals surface area (Å²) in [6.45, 7) is 3.19. The number of carbonyl (C=O) groups is 4. The molecule has 2 bridgehead atoms. The van der Waals surface area contributed by atoms with Gasteiger partial charge < -0.3 is 43.0 Å². The Morgan fingerprint density at radius 2 is 1.56 bits per heavy atom. The summed E-state index contributed by atoms with van der Waals surface area (Å²) in [5, 5.41) is 13.7. The molecule has 16 nitrogen and oxygen atoms in total. The van der Waals surface area contributed by atoms with Crippen molar-refractivity contribution in [2.24, 2.45) is 5.11 Å². The van der Waals surface area contributed by atoms with Crippen LogP contribution in [0.15, 0.2) is 35.4 Å². The van der Waals surface area contributed by atoms with Gasteiger partial charge in [0.05, 0.1) is 13.2 Å². The van der Waals surface area contributed by atoms with E-state index in [-0.39, 0.29) is 13.2 Å². The Balaban J connectivity index is 1.69. The van der Waals surface area contributed by atoms with Crippen LogP contribution >= 0.6 is 0 Å². The topological polar surface area (TPSA) is 211 Å². The van der Waals surface area contributed by atoms with Crippen LogP contribution in [0.2, 0.25) is 0 Å². The zero-order chi connectivity index (χ0) is 29.7. The number of azide groups is 1. The van der Waals surface area contributed by atoms with Gasteiger partial charge in [0, 0.05) is 25.7 Å². The first-order valence-corrected chi connectivity index (χ1v) is 12.6. The van der Waals surface area contributed by atoms with Gasteiger partial charge in [0.2, 0.25) is 0 Å². The van der Waals surface area contributed by atoms with Gasteiger partial charge in [-0.2, -0.15) is 0 Å². The van der Waals surface area contributed by atoms with Crippen LogP contribution in [0, 0.1) is 0 Å². The first kappa shape index (κ1) is 30.2. The molecule has 3 fully saturated rings. The summed E-state index contributed by atoms with van der Waals surface area (Å²) in [6.07, 6.45) is -12.4. The van der Waals surface area contributed by atoms with Crippen LogP contribution in [-0.2, 0) is 63.7 Å². The van der Waals surface area contributed by atoms with Crippen LogP contribution in [0.1, 0.15) is 26.3 Å². The number of carboxylic acids is 1. The highest BCUT2D eigenvalue weighted by Crippen LogP contribution is 2.37. The molecule has 10 atom stereocenters. The molecule has 1 aromatic carbocycles. The summed E-state index contributed by atoms with van der Waals surface area (Å²) in [7, 11) is 0. The van der Waals surface area contributed by atoms with E-state index in [4.69, 9.17) is 37.9 Å². The Kier molecular flexibility index (Phi) is 9.75. The van der Waals surface area contributed by atoms with Crippen molar-refractivity contribution < 1.29 is 62.2 Å². The lowest BCUT2D eigenvalue weighted by Crippen LogP contribution is -2.65. The van der Waals surface area contributed by atoms with E-state index in [1.165, 1.54) is 0 Å². The molecular formula is C25H29N3O13. The number of carbonyl (C=O) groups excluding carboxylic acids is 3. The van der Waals surface area contributed by atoms with Crippen molar-refractivity contribution in [1.29, 1.82) is 0 Å². The highest BCUT2D eigenvalue weighted by Gasteiger charge is 2.58. The van der Waals surface area contributed by atoms with Crippen LogP contribution in [-0.4, -0.2) is 96.9 Å². The predicted octanol–water partition coefficient (Wildman–Crippen LogP) is 0.996. The highest BCUT2D eigenvalue weighted by atomic mass is 16.8. The Morgan fingerprint density at radius 1 is 0.927 bits per heavy atom. The van der Waals surface area contributed by atoms with E-state index in [1.54, 1.807) is 0 Å². The van der Waals surface area contributed by atoms with Gasteiger partial charge >= 0.3 is 23.9 Å². The molecule has 3 aliphatic heterocycles. The second-order valence-corrected chi connectivity index (χ2v) is 9.42. The molecule has 0 amide bonds. The van der Waals surface area contributed by atoms with Gasteiger partial charge in [-0.25, -0.2) is 4.79 Å². The van der Waals surface area contributed by atoms with Crippen LogP contribution in [0.25, 0.3) is 10.4 Å². The summed E-state index contributed by atoms with van der Waals surface area (Å²) in [6, 6.07) is 8.07. The van der Waals surface area contributed by atoms with E-state index in [0.29, 0.717) is 0 Å². The minimum atomic E-state index is -1.89. The minimum absolute atomic E-state index is 0.00522. The molecule has 0 saturated carbocycles. The fourth-order valence-corrected chi connectivity index (χ4v) is 4.89. The van der Waals surface area contributed by atoms with E-state index in [0.717, 1.165) is 26.3 Å². The third kappa shape index (κ3) is 7.11. The Bertz CT molecular complexity index is 1180. The van der Waals surface area contributed by atoms with Gasteiger partial charge in [-0.15, -0.1) is 0 Å². The number of carboxylic acid groups (broad SMARTS) is 1. The smallest absolute Gasteiger partial charge is 0.337 e. The number of esters is 3. The fourth-order valence-electron chi connectivity index (χ4n) is 4.89. The fraction of sp³-hybridized carbons (Fsp3) is 0.600. The van der Waals surface area contributed by atoms with Gasteiger partial charge in [0.25, 0.3) is 0 Å². The number of aliphatic carboxylic acids is 1. The number of nitrogens with zero attached hydrogens (tertiary/aromatic N) is 3. The van der Waals surface area contributed by atoms with Gasteiger partial charge in [-0.3, -0.25) is 14.4 Å².